The third kappa shape index (κ3) is 5.09. The molecule has 0 aliphatic rings. The van der Waals surface area contributed by atoms with E-state index >= 15 is 0 Å². The van der Waals surface area contributed by atoms with Gasteiger partial charge in [0.2, 0.25) is 5.91 Å². The van der Waals surface area contributed by atoms with Gasteiger partial charge in [0.05, 0.1) is 16.9 Å². The fraction of sp³-hybridized carbons (Fsp3) is 0.533. The molecule has 22 heavy (non-hydrogen) atoms. The molecular weight excluding hydrogens is 286 g/mol. The molecule has 0 radical (unpaired) electrons. The van der Waals surface area contributed by atoms with Crippen LogP contribution in [0, 0.1) is 10.1 Å². The van der Waals surface area contributed by atoms with Crippen LogP contribution in [0.3, 0.4) is 0 Å². The Balaban J connectivity index is 2.53. The van der Waals surface area contributed by atoms with Gasteiger partial charge in [-0.1, -0.05) is 12.1 Å². The van der Waals surface area contributed by atoms with Crippen LogP contribution in [0.15, 0.2) is 24.3 Å². The van der Waals surface area contributed by atoms with E-state index in [0.717, 1.165) is 12.1 Å². The highest BCUT2D eigenvalue weighted by atomic mass is 16.6. The predicted octanol–water partition coefficient (Wildman–Crippen LogP) is 1.22. The molecule has 122 valence electrons. The van der Waals surface area contributed by atoms with Crippen molar-refractivity contribution in [3.63, 3.8) is 0 Å². The number of rotatable bonds is 9. The summed E-state index contributed by atoms with van der Waals surface area (Å²) in [5.41, 5.74) is 0.00650. The molecule has 0 unspecified atom stereocenters. The first-order chi connectivity index (χ1) is 10.4. The number of ether oxygens (including phenoxy) is 1. The zero-order valence-electron chi connectivity index (χ0n) is 13.2. The third-order valence-corrected chi connectivity index (χ3v) is 3.44. The van der Waals surface area contributed by atoms with Crippen LogP contribution in [-0.2, 0) is 14.9 Å². The van der Waals surface area contributed by atoms with Gasteiger partial charge in [-0.2, -0.15) is 0 Å². The van der Waals surface area contributed by atoms with E-state index in [-0.39, 0.29) is 11.6 Å². The van der Waals surface area contributed by atoms with Gasteiger partial charge in [-0.15, -0.1) is 0 Å². The van der Waals surface area contributed by atoms with Gasteiger partial charge in [0.25, 0.3) is 5.69 Å². The Labute approximate surface area is 130 Å². The van der Waals surface area contributed by atoms with Crippen LogP contribution in [0.25, 0.3) is 0 Å². The second kappa shape index (κ2) is 8.45. The molecule has 1 amide bonds. The van der Waals surface area contributed by atoms with Crippen molar-refractivity contribution in [3.05, 3.63) is 39.9 Å². The fourth-order valence-corrected chi connectivity index (χ4v) is 1.92. The first kappa shape index (κ1) is 18.1. The Hall–Kier alpha value is -1.99. The fourth-order valence-electron chi connectivity index (χ4n) is 1.92. The van der Waals surface area contributed by atoms with Crippen LogP contribution < -0.4 is 10.6 Å². The molecule has 7 nitrogen and oxygen atoms in total. The van der Waals surface area contributed by atoms with Crippen molar-refractivity contribution in [2.75, 3.05) is 33.4 Å². The average Bonchev–Trinajstić information content (AvgIpc) is 2.50. The van der Waals surface area contributed by atoms with E-state index in [1.807, 2.05) is 0 Å². The highest BCUT2D eigenvalue weighted by Gasteiger charge is 2.29. The Morgan fingerprint density at radius 1 is 1.23 bits per heavy atom. The van der Waals surface area contributed by atoms with Crippen molar-refractivity contribution >= 4 is 11.6 Å². The number of benzene rings is 1. The van der Waals surface area contributed by atoms with Crippen LogP contribution in [0.5, 0.6) is 0 Å². The first-order valence-corrected chi connectivity index (χ1v) is 7.12. The lowest BCUT2D eigenvalue weighted by Gasteiger charge is -2.24. The van der Waals surface area contributed by atoms with Gasteiger partial charge < -0.3 is 15.4 Å². The molecule has 0 bridgehead atoms. The van der Waals surface area contributed by atoms with Gasteiger partial charge >= 0.3 is 0 Å². The van der Waals surface area contributed by atoms with Crippen molar-refractivity contribution < 1.29 is 14.5 Å². The van der Waals surface area contributed by atoms with Crippen molar-refractivity contribution in [2.45, 2.75) is 19.3 Å². The summed E-state index contributed by atoms with van der Waals surface area (Å²) in [5, 5.41) is 16.7. The quantitative estimate of drug-likeness (QED) is 0.406. The summed E-state index contributed by atoms with van der Waals surface area (Å²) in [5.74, 6) is -0.116. The molecule has 1 aromatic carbocycles. The zero-order valence-corrected chi connectivity index (χ0v) is 13.2. The maximum absolute atomic E-state index is 12.3. The van der Waals surface area contributed by atoms with Crippen LogP contribution in [0.4, 0.5) is 5.69 Å². The third-order valence-electron chi connectivity index (χ3n) is 3.44. The maximum atomic E-state index is 12.3. The summed E-state index contributed by atoms with van der Waals surface area (Å²) in [4.78, 5) is 22.5. The minimum atomic E-state index is -0.748. The molecule has 0 aliphatic carbocycles. The second-order valence-electron chi connectivity index (χ2n) is 5.43. The highest BCUT2D eigenvalue weighted by Crippen LogP contribution is 2.25. The molecule has 0 spiro atoms. The summed E-state index contributed by atoms with van der Waals surface area (Å²) in [6, 6.07) is 6.07. The summed E-state index contributed by atoms with van der Waals surface area (Å²) < 4.78 is 4.91. The van der Waals surface area contributed by atoms with E-state index in [0.29, 0.717) is 19.7 Å². The molecule has 1 aromatic rings. The van der Waals surface area contributed by atoms with E-state index in [1.165, 1.54) is 12.1 Å². The smallest absolute Gasteiger partial charge is 0.269 e. The molecule has 0 aliphatic heterocycles. The normalized spacial score (nSPS) is 11.2. The van der Waals surface area contributed by atoms with Crippen LogP contribution in [0.2, 0.25) is 0 Å². The molecule has 0 saturated heterocycles. The van der Waals surface area contributed by atoms with Gasteiger partial charge in [0.1, 0.15) is 0 Å². The number of nitrogens with zero attached hydrogens (tertiary/aromatic N) is 1. The van der Waals surface area contributed by atoms with Gasteiger partial charge in [-0.3, -0.25) is 14.9 Å². The standard InChI is InChI=1S/C15H23N3O4/c1-15(2,12-4-6-13(7-5-12)18(20)21)14(19)17-9-8-16-10-11-22-3/h4-7,16H,8-11H2,1-3H3,(H,17,19). The monoisotopic (exact) mass is 309 g/mol. The van der Waals surface area contributed by atoms with Crippen molar-refractivity contribution in [2.24, 2.45) is 0 Å². The SMILES string of the molecule is COCCNCCNC(=O)C(C)(C)c1ccc([N+](=O)[O-])cc1. The summed E-state index contributed by atoms with van der Waals surface area (Å²) in [6.45, 7) is 6.12. The lowest BCUT2D eigenvalue weighted by Crippen LogP contribution is -2.42. The number of methoxy groups -OCH3 is 1. The Kier molecular flexibility index (Phi) is 6.94. The number of nitrogens with one attached hydrogen (secondary N) is 2. The number of carbonyl (C=O) groups excluding carboxylic acids is 1. The van der Waals surface area contributed by atoms with E-state index in [4.69, 9.17) is 4.74 Å². The number of hydrogen-bond donors (Lipinski definition) is 2. The molecule has 7 heteroatoms. The van der Waals surface area contributed by atoms with Gasteiger partial charge in [0.15, 0.2) is 0 Å². The van der Waals surface area contributed by atoms with Crippen LogP contribution in [0.1, 0.15) is 19.4 Å². The minimum absolute atomic E-state index is 0.0160. The van der Waals surface area contributed by atoms with Gasteiger partial charge in [-0.05, 0) is 19.4 Å². The summed E-state index contributed by atoms with van der Waals surface area (Å²) in [7, 11) is 1.64. The molecule has 0 heterocycles. The number of nitro benzene ring substituents is 1. The number of amides is 1. The van der Waals surface area contributed by atoms with Gasteiger partial charge in [-0.25, -0.2) is 0 Å². The Morgan fingerprint density at radius 3 is 2.41 bits per heavy atom. The molecule has 1 rings (SSSR count). The lowest BCUT2D eigenvalue weighted by atomic mass is 9.83. The number of carbonyl (C=O) groups is 1. The molecule has 2 N–H and O–H groups in total. The molecule has 0 aromatic heterocycles. The number of hydrogen-bond acceptors (Lipinski definition) is 5. The largest absolute Gasteiger partial charge is 0.383 e. The average molecular weight is 309 g/mol. The number of non-ortho nitro benzene ring substituents is 1. The summed E-state index contributed by atoms with van der Waals surface area (Å²) in [6.07, 6.45) is 0. The number of nitro groups is 1. The zero-order chi connectivity index (χ0) is 16.6. The maximum Gasteiger partial charge on any atom is 0.269 e. The topological polar surface area (TPSA) is 93.5 Å². The minimum Gasteiger partial charge on any atom is -0.383 e. The Morgan fingerprint density at radius 2 is 1.86 bits per heavy atom. The van der Waals surface area contributed by atoms with Gasteiger partial charge in [0, 0.05) is 38.9 Å². The Bertz CT molecular complexity index is 500. The van der Waals surface area contributed by atoms with Crippen molar-refractivity contribution in [1.82, 2.24) is 10.6 Å². The predicted molar refractivity (Wildman–Crippen MR) is 83.9 cm³/mol. The van der Waals surface area contributed by atoms with Crippen molar-refractivity contribution in [1.29, 1.82) is 0 Å². The molecule has 0 fully saturated rings. The molecule has 0 atom stereocenters. The van der Waals surface area contributed by atoms with E-state index in [9.17, 15) is 14.9 Å². The van der Waals surface area contributed by atoms with Crippen LogP contribution in [-0.4, -0.2) is 44.2 Å². The van der Waals surface area contributed by atoms with E-state index < -0.39 is 10.3 Å². The second-order valence-corrected chi connectivity index (χ2v) is 5.43. The lowest BCUT2D eigenvalue weighted by molar-refractivity contribution is -0.384. The first-order valence-electron chi connectivity index (χ1n) is 7.12. The highest BCUT2D eigenvalue weighted by molar-refractivity contribution is 5.87. The van der Waals surface area contributed by atoms with E-state index in [1.54, 1.807) is 33.1 Å². The van der Waals surface area contributed by atoms with Crippen molar-refractivity contribution in [3.8, 4) is 0 Å². The van der Waals surface area contributed by atoms with Crippen LogP contribution >= 0.6 is 0 Å². The van der Waals surface area contributed by atoms with E-state index in [2.05, 4.69) is 10.6 Å². The molecular formula is C15H23N3O4. The summed E-state index contributed by atoms with van der Waals surface area (Å²) >= 11 is 0. The molecule has 0 saturated carbocycles.